The number of aromatic nitrogens is 2. The van der Waals surface area contributed by atoms with Crippen molar-refractivity contribution < 1.29 is 14.3 Å². The minimum Gasteiger partial charge on any atom is -0.468 e. The van der Waals surface area contributed by atoms with Gasteiger partial charge in [-0.15, -0.1) is 0 Å². The number of methoxy groups -OCH3 is 1. The van der Waals surface area contributed by atoms with Crippen LogP contribution >= 0.6 is 11.6 Å². The van der Waals surface area contributed by atoms with E-state index >= 15 is 0 Å². The van der Waals surface area contributed by atoms with Crippen molar-refractivity contribution in [3.63, 3.8) is 0 Å². The highest BCUT2D eigenvalue weighted by Gasteiger charge is 2.18. The summed E-state index contributed by atoms with van der Waals surface area (Å²) in [5, 5.41) is 6.48. The molecule has 1 N–H and O–H groups in total. The van der Waals surface area contributed by atoms with Crippen LogP contribution in [0.1, 0.15) is 6.92 Å². The summed E-state index contributed by atoms with van der Waals surface area (Å²) in [6.07, 6.45) is 1.28. The monoisotopic (exact) mass is 316 g/mol. The Morgan fingerprint density at radius 1 is 1.52 bits per heavy atom. The Balaban J connectivity index is 2.97. The second kappa shape index (κ2) is 7.07. The Kier molecular flexibility index (Phi) is 5.71. The quantitative estimate of drug-likeness (QED) is 0.766. The third-order valence-corrected chi connectivity index (χ3v) is 3.04. The van der Waals surface area contributed by atoms with E-state index in [2.05, 4.69) is 15.2 Å². The highest BCUT2D eigenvalue weighted by Crippen LogP contribution is 2.16. The van der Waals surface area contributed by atoms with Gasteiger partial charge in [0, 0.05) is 14.1 Å². The van der Waals surface area contributed by atoms with E-state index < -0.39 is 17.6 Å². The molecule has 0 radical (unpaired) electrons. The molecular formula is C12H17ClN4O4. The average Bonchev–Trinajstić information content (AvgIpc) is 2.45. The molecule has 0 saturated heterocycles. The van der Waals surface area contributed by atoms with Gasteiger partial charge in [0.05, 0.1) is 19.0 Å². The number of halogens is 1. The van der Waals surface area contributed by atoms with E-state index in [0.29, 0.717) is 0 Å². The van der Waals surface area contributed by atoms with Crippen LogP contribution in [0.3, 0.4) is 0 Å². The summed E-state index contributed by atoms with van der Waals surface area (Å²) in [6, 6.07) is -0.574. The maximum Gasteiger partial charge on any atom is 0.327 e. The van der Waals surface area contributed by atoms with Crippen LogP contribution in [0, 0.1) is 0 Å². The summed E-state index contributed by atoms with van der Waals surface area (Å²) in [5.41, 5.74) is -0.415. The minimum atomic E-state index is -0.642. The van der Waals surface area contributed by atoms with E-state index in [0.717, 1.165) is 4.68 Å². The molecular weight excluding hydrogens is 300 g/mol. The number of ether oxygens (including phenoxy) is 1. The van der Waals surface area contributed by atoms with Crippen molar-refractivity contribution in [1.29, 1.82) is 0 Å². The number of hydrogen-bond acceptors (Lipinski definition) is 6. The topological polar surface area (TPSA) is 93.5 Å². The number of nitrogens with zero attached hydrogens (tertiary/aromatic N) is 3. The average molecular weight is 317 g/mol. The number of carbonyl (C=O) groups is 2. The first kappa shape index (κ1) is 17.0. The van der Waals surface area contributed by atoms with E-state index in [9.17, 15) is 14.4 Å². The smallest absolute Gasteiger partial charge is 0.327 e. The highest BCUT2D eigenvalue weighted by molar-refractivity contribution is 6.33. The van der Waals surface area contributed by atoms with Gasteiger partial charge < -0.3 is 15.0 Å². The second-order valence-corrected chi connectivity index (χ2v) is 4.89. The Labute approximate surface area is 126 Å². The van der Waals surface area contributed by atoms with E-state index in [1.807, 2.05) is 0 Å². The van der Waals surface area contributed by atoms with Crippen LogP contribution in [0.25, 0.3) is 0 Å². The lowest BCUT2D eigenvalue weighted by Crippen LogP contribution is -2.37. The molecule has 1 aromatic rings. The molecule has 8 nitrogen and oxygen atoms in total. The van der Waals surface area contributed by atoms with Gasteiger partial charge in [0.2, 0.25) is 5.91 Å². The fraction of sp³-hybridized carbons (Fsp3) is 0.500. The molecule has 0 bridgehead atoms. The van der Waals surface area contributed by atoms with Crippen LogP contribution in [0.2, 0.25) is 5.02 Å². The number of likely N-dealkylation sites (N-methyl/N-ethyl adjacent to an activating group) is 1. The molecule has 1 aromatic heterocycles. The van der Waals surface area contributed by atoms with Crippen molar-refractivity contribution in [2.75, 3.05) is 26.5 Å². The third kappa shape index (κ3) is 4.19. The summed E-state index contributed by atoms with van der Waals surface area (Å²) < 4.78 is 5.34. The number of esters is 1. The number of amides is 1. The van der Waals surface area contributed by atoms with Crippen molar-refractivity contribution in [1.82, 2.24) is 14.7 Å². The predicted octanol–water partition coefficient (Wildman–Crippen LogP) is -0.0417. The predicted molar refractivity (Wildman–Crippen MR) is 77.3 cm³/mol. The molecule has 1 unspecified atom stereocenters. The zero-order valence-electron chi connectivity index (χ0n) is 12.2. The van der Waals surface area contributed by atoms with Crippen LogP contribution < -0.4 is 10.9 Å². The number of hydrogen-bond donors (Lipinski definition) is 1. The lowest BCUT2D eigenvalue weighted by Gasteiger charge is -2.19. The molecule has 0 spiro atoms. The molecule has 0 aliphatic rings. The minimum absolute atomic E-state index is 0.146. The zero-order chi connectivity index (χ0) is 16.2. The van der Waals surface area contributed by atoms with Gasteiger partial charge in [0.15, 0.2) is 0 Å². The third-order valence-electron chi connectivity index (χ3n) is 2.67. The second-order valence-electron chi connectivity index (χ2n) is 4.51. The van der Waals surface area contributed by atoms with Gasteiger partial charge in [-0.05, 0) is 6.92 Å². The van der Waals surface area contributed by atoms with Gasteiger partial charge in [0.1, 0.15) is 17.6 Å². The molecule has 1 rings (SSSR count). The molecule has 1 heterocycles. The van der Waals surface area contributed by atoms with Crippen molar-refractivity contribution in [2.45, 2.75) is 19.5 Å². The van der Waals surface area contributed by atoms with E-state index in [1.54, 1.807) is 21.0 Å². The van der Waals surface area contributed by atoms with Gasteiger partial charge >= 0.3 is 5.97 Å². The van der Waals surface area contributed by atoms with Gasteiger partial charge in [-0.3, -0.25) is 14.4 Å². The first-order valence-corrected chi connectivity index (χ1v) is 6.45. The maximum absolute atomic E-state index is 12.0. The number of nitrogens with one attached hydrogen (secondary N) is 1. The molecule has 21 heavy (non-hydrogen) atoms. The lowest BCUT2D eigenvalue weighted by molar-refractivity contribution is -0.141. The van der Waals surface area contributed by atoms with Gasteiger partial charge in [0.25, 0.3) is 5.56 Å². The SMILES string of the molecule is COC(=O)Cn1ncc(NC(C)C(=O)N(C)C)c(Cl)c1=O. The molecule has 116 valence electrons. The molecule has 0 aliphatic heterocycles. The van der Waals surface area contributed by atoms with Crippen molar-refractivity contribution in [3.8, 4) is 0 Å². The van der Waals surface area contributed by atoms with Crippen LogP contribution in [0.4, 0.5) is 5.69 Å². The van der Waals surface area contributed by atoms with Crippen molar-refractivity contribution in [2.24, 2.45) is 0 Å². The summed E-state index contributed by atoms with van der Waals surface area (Å²) in [5.74, 6) is -0.790. The largest absolute Gasteiger partial charge is 0.468 e. The van der Waals surface area contributed by atoms with Crippen molar-refractivity contribution in [3.05, 3.63) is 21.6 Å². The number of anilines is 1. The summed E-state index contributed by atoms with van der Waals surface area (Å²) >= 11 is 5.94. The first-order chi connectivity index (χ1) is 9.77. The number of rotatable bonds is 5. The van der Waals surface area contributed by atoms with Gasteiger partial charge in [-0.25, -0.2) is 4.68 Å². The van der Waals surface area contributed by atoms with Crippen LogP contribution in [-0.2, 0) is 20.9 Å². The van der Waals surface area contributed by atoms with E-state index in [1.165, 1.54) is 18.2 Å². The molecule has 0 saturated carbocycles. The van der Waals surface area contributed by atoms with E-state index in [-0.39, 0.29) is 23.2 Å². The molecule has 1 atom stereocenters. The highest BCUT2D eigenvalue weighted by atomic mass is 35.5. The molecule has 0 aromatic carbocycles. The van der Waals surface area contributed by atoms with Crippen LogP contribution in [0.15, 0.2) is 11.0 Å². The van der Waals surface area contributed by atoms with Crippen LogP contribution in [-0.4, -0.2) is 53.8 Å². The summed E-state index contributed by atoms with van der Waals surface area (Å²) in [4.78, 5) is 36.3. The standard InChI is InChI=1S/C12H17ClN4O4/c1-7(11(19)16(2)3)15-8-5-14-17(6-9(18)21-4)12(20)10(8)13/h5,7,15H,6H2,1-4H3. The molecule has 0 fully saturated rings. The summed E-state index contributed by atoms with van der Waals surface area (Å²) in [7, 11) is 4.45. The van der Waals surface area contributed by atoms with Crippen LogP contribution in [0.5, 0.6) is 0 Å². The summed E-state index contributed by atoms with van der Waals surface area (Å²) in [6.45, 7) is 1.31. The van der Waals surface area contributed by atoms with E-state index in [4.69, 9.17) is 11.6 Å². The fourth-order valence-electron chi connectivity index (χ4n) is 1.55. The Morgan fingerprint density at radius 3 is 2.67 bits per heavy atom. The number of carbonyl (C=O) groups excluding carboxylic acids is 2. The lowest BCUT2D eigenvalue weighted by atomic mass is 10.3. The first-order valence-electron chi connectivity index (χ1n) is 6.08. The Bertz CT molecular complexity index is 599. The molecule has 1 amide bonds. The Hall–Kier alpha value is -2.09. The van der Waals surface area contributed by atoms with Gasteiger partial charge in [-0.2, -0.15) is 5.10 Å². The maximum atomic E-state index is 12.0. The van der Waals surface area contributed by atoms with Crippen molar-refractivity contribution >= 4 is 29.2 Å². The normalized spacial score (nSPS) is 11.7. The zero-order valence-corrected chi connectivity index (χ0v) is 13.0. The Morgan fingerprint density at radius 2 is 2.14 bits per heavy atom. The molecule has 0 aliphatic carbocycles. The molecule has 9 heteroatoms. The van der Waals surface area contributed by atoms with Gasteiger partial charge in [-0.1, -0.05) is 11.6 Å². The fourth-order valence-corrected chi connectivity index (χ4v) is 1.75.